The number of nitrogens with zero attached hydrogens (tertiary/aromatic N) is 5. The summed E-state index contributed by atoms with van der Waals surface area (Å²) >= 11 is 0. The Hall–Kier alpha value is -2.97. The standard InChI is InChI=1S/C20H26N6O3/c1-13-9-21-17-16(11-23-26(17)12-13)18(27)22-10-15-4-6-25(7-5-15)19(28)20(3)8-14(2)24-29-20/h9,11-12,15H,4-8,10H2,1-3H3,(H,22,27). The number of carbonyl (C=O) groups is 2. The van der Waals surface area contributed by atoms with Crippen LogP contribution in [0, 0.1) is 12.8 Å². The van der Waals surface area contributed by atoms with Gasteiger partial charge in [-0.25, -0.2) is 9.50 Å². The minimum absolute atomic E-state index is 0.00620. The fourth-order valence-corrected chi connectivity index (χ4v) is 3.98. The van der Waals surface area contributed by atoms with Gasteiger partial charge in [-0.15, -0.1) is 0 Å². The van der Waals surface area contributed by atoms with E-state index in [4.69, 9.17) is 4.84 Å². The molecule has 0 spiro atoms. The summed E-state index contributed by atoms with van der Waals surface area (Å²) in [5.74, 6) is 0.151. The van der Waals surface area contributed by atoms with Crippen molar-refractivity contribution in [1.29, 1.82) is 0 Å². The third-order valence-corrected chi connectivity index (χ3v) is 5.63. The molecule has 1 fully saturated rings. The molecule has 9 nitrogen and oxygen atoms in total. The summed E-state index contributed by atoms with van der Waals surface area (Å²) in [5, 5.41) is 11.1. The van der Waals surface area contributed by atoms with Gasteiger partial charge in [0.05, 0.1) is 11.9 Å². The SMILES string of the molecule is CC1=NOC(C)(C(=O)N2CCC(CNC(=O)c3cnn4cc(C)cnc34)CC2)C1. The van der Waals surface area contributed by atoms with Crippen LogP contribution in [0.1, 0.15) is 49.0 Å². The molecule has 1 atom stereocenters. The highest BCUT2D eigenvalue weighted by atomic mass is 16.7. The van der Waals surface area contributed by atoms with Crippen molar-refractivity contribution in [2.75, 3.05) is 19.6 Å². The molecule has 29 heavy (non-hydrogen) atoms. The highest BCUT2D eigenvalue weighted by Crippen LogP contribution is 2.28. The van der Waals surface area contributed by atoms with Crippen LogP contribution in [-0.2, 0) is 9.63 Å². The van der Waals surface area contributed by atoms with E-state index in [2.05, 4.69) is 20.6 Å². The summed E-state index contributed by atoms with van der Waals surface area (Å²) in [6.45, 7) is 7.49. The van der Waals surface area contributed by atoms with Crippen LogP contribution in [0.4, 0.5) is 0 Å². The molecule has 0 radical (unpaired) electrons. The van der Waals surface area contributed by atoms with E-state index in [1.807, 2.05) is 24.9 Å². The van der Waals surface area contributed by atoms with Gasteiger partial charge in [0.1, 0.15) is 5.56 Å². The second kappa shape index (κ2) is 7.46. The molecular weight excluding hydrogens is 372 g/mol. The predicted molar refractivity (Wildman–Crippen MR) is 107 cm³/mol. The van der Waals surface area contributed by atoms with Crippen LogP contribution in [-0.4, -0.2) is 62.3 Å². The Morgan fingerprint density at radius 2 is 2.03 bits per heavy atom. The number of oxime groups is 1. The lowest BCUT2D eigenvalue weighted by Gasteiger charge is -2.35. The number of rotatable bonds is 4. The van der Waals surface area contributed by atoms with Crippen LogP contribution in [0.2, 0.25) is 0 Å². The molecule has 2 amide bonds. The van der Waals surface area contributed by atoms with Crippen molar-refractivity contribution >= 4 is 23.2 Å². The zero-order chi connectivity index (χ0) is 20.6. The van der Waals surface area contributed by atoms with Crippen molar-refractivity contribution in [3.63, 3.8) is 0 Å². The van der Waals surface area contributed by atoms with E-state index in [9.17, 15) is 9.59 Å². The smallest absolute Gasteiger partial charge is 0.269 e. The highest BCUT2D eigenvalue weighted by molar-refractivity contribution is 5.99. The first-order chi connectivity index (χ1) is 13.9. The fourth-order valence-electron chi connectivity index (χ4n) is 3.98. The quantitative estimate of drug-likeness (QED) is 0.842. The molecule has 1 saturated heterocycles. The molecule has 0 saturated carbocycles. The van der Waals surface area contributed by atoms with E-state index in [1.165, 1.54) is 0 Å². The Balaban J connectivity index is 1.29. The van der Waals surface area contributed by atoms with Crippen LogP contribution in [0.5, 0.6) is 0 Å². The summed E-state index contributed by atoms with van der Waals surface area (Å²) < 4.78 is 1.62. The lowest BCUT2D eigenvalue weighted by atomic mass is 9.93. The third kappa shape index (κ3) is 3.81. The molecule has 2 aromatic heterocycles. The molecule has 4 rings (SSSR count). The maximum Gasteiger partial charge on any atom is 0.269 e. The molecular formula is C20H26N6O3. The second-order valence-electron chi connectivity index (χ2n) is 8.23. The van der Waals surface area contributed by atoms with Crippen molar-refractivity contribution in [1.82, 2.24) is 24.8 Å². The molecule has 2 aromatic rings. The first-order valence-corrected chi connectivity index (χ1v) is 9.95. The summed E-state index contributed by atoms with van der Waals surface area (Å²) in [4.78, 5) is 36.9. The third-order valence-electron chi connectivity index (χ3n) is 5.63. The van der Waals surface area contributed by atoms with Crippen molar-refractivity contribution < 1.29 is 14.4 Å². The van der Waals surface area contributed by atoms with Gasteiger partial charge >= 0.3 is 0 Å². The van der Waals surface area contributed by atoms with Crippen molar-refractivity contribution in [3.05, 3.63) is 29.7 Å². The Kier molecular flexibility index (Phi) is 4.97. The van der Waals surface area contributed by atoms with Crippen LogP contribution < -0.4 is 5.32 Å². The minimum atomic E-state index is -0.875. The summed E-state index contributed by atoms with van der Waals surface area (Å²) in [7, 11) is 0. The van der Waals surface area contributed by atoms with E-state index < -0.39 is 5.60 Å². The van der Waals surface area contributed by atoms with Gasteiger partial charge in [-0.05, 0) is 45.1 Å². The molecule has 0 aliphatic carbocycles. The first kappa shape index (κ1) is 19.4. The van der Waals surface area contributed by atoms with E-state index in [0.717, 1.165) is 24.1 Å². The molecule has 1 unspecified atom stereocenters. The second-order valence-corrected chi connectivity index (χ2v) is 8.23. The van der Waals surface area contributed by atoms with Gasteiger partial charge in [0, 0.05) is 38.4 Å². The molecule has 2 aliphatic heterocycles. The number of fused-ring (bicyclic) bond motifs is 1. The highest BCUT2D eigenvalue weighted by Gasteiger charge is 2.44. The van der Waals surface area contributed by atoms with Crippen LogP contribution >= 0.6 is 0 Å². The number of hydrogen-bond donors (Lipinski definition) is 1. The summed E-state index contributed by atoms with van der Waals surface area (Å²) in [6, 6.07) is 0. The molecule has 2 aliphatic rings. The average Bonchev–Trinajstić information content (AvgIpc) is 3.29. The molecule has 4 heterocycles. The minimum Gasteiger partial charge on any atom is -0.379 e. The van der Waals surface area contributed by atoms with E-state index in [-0.39, 0.29) is 11.8 Å². The molecule has 1 N–H and O–H groups in total. The maximum atomic E-state index is 12.8. The number of aromatic nitrogens is 3. The van der Waals surface area contributed by atoms with Gasteiger partial charge in [-0.3, -0.25) is 9.59 Å². The number of carbonyl (C=O) groups excluding carboxylic acids is 2. The lowest BCUT2D eigenvalue weighted by Crippen LogP contribution is -2.50. The monoisotopic (exact) mass is 398 g/mol. The number of piperidine rings is 1. The van der Waals surface area contributed by atoms with Gasteiger partial charge in [-0.1, -0.05) is 5.16 Å². The molecule has 154 valence electrons. The lowest BCUT2D eigenvalue weighted by molar-refractivity contribution is -0.154. The Morgan fingerprint density at radius 3 is 2.72 bits per heavy atom. The number of nitrogens with one attached hydrogen (secondary N) is 1. The van der Waals surface area contributed by atoms with Gasteiger partial charge in [0.15, 0.2) is 5.65 Å². The van der Waals surface area contributed by atoms with Crippen LogP contribution in [0.15, 0.2) is 23.7 Å². The maximum absolute atomic E-state index is 12.8. The van der Waals surface area contributed by atoms with E-state index >= 15 is 0 Å². The van der Waals surface area contributed by atoms with Gasteiger partial charge in [0.2, 0.25) is 5.60 Å². The van der Waals surface area contributed by atoms with Gasteiger partial charge in [0.25, 0.3) is 11.8 Å². The number of hydrogen-bond acceptors (Lipinski definition) is 6. The average molecular weight is 398 g/mol. The number of likely N-dealkylation sites (tertiary alicyclic amines) is 1. The normalized spacial score (nSPS) is 22.4. The fraction of sp³-hybridized carbons (Fsp3) is 0.550. The molecule has 0 bridgehead atoms. The number of aryl methyl sites for hydroxylation is 1. The van der Waals surface area contributed by atoms with E-state index in [0.29, 0.717) is 43.2 Å². The van der Waals surface area contributed by atoms with Gasteiger partial charge in [-0.2, -0.15) is 5.10 Å². The zero-order valence-electron chi connectivity index (χ0n) is 17.0. The predicted octanol–water partition coefficient (Wildman–Crippen LogP) is 1.56. The first-order valence-electron chi connectivity index (χ1n) is 9.95. The number of amides is 2. The van der Waals surface area contributed by atoms with Crippen LogP contribution in [0.3, 0.4) is 0 Å². The topological polar surface area (TPSA) is 101 Å². The summed E-state index contributed by atoms with van der Waals surface area (Å²) in [5.41, 5.74) is 1.97. The Morgan fingerprint density at radius 1 is 1.28 bits per heavy atom. The van der Waals surface area contributed by atoms with Crippen LogP contribution in [0.25, 0.3) is 5.65 Å². The van der Waals surface area contributed by atoms with Crippen molar-refractivity contribution in [2.45, 2.75) is 45.6 Å². The van der Waals surface area contributed by atoms with Crippen molar-refractivity contribution in [2.24, 2.45) is 11.1 Å². The Labute approximate surface area is 169 Å². The van der Waals surface area contributed by atoms with E-state index in [1.54, 1.807) is 23.8 Å². The van der Waals surface area contributed by atoms with Gasteiger partial charge < -0.3 is 15.1 Å². The Bertz CT molecular complexity index is 976. The largest absolute Gasteiger partial charge is 0.379 e. The van der Waals surface area contributed by atoms with Crippen molar-refractivity contribution in [3.8, 4) is 0 Å². The molecule has 0 aromatic carbocycles. The zero-order valence-corrected chi connectivity index (χ0v) is 17.0. The molecule has 9 heteroatoms. The summed E-state index contributed by atoms with van der Waals surface area (Å²) in [6.07, 6.45) is 7.33.